The van der Waals surface area contributed by atoms with Crippen LogP contribution in [0.2, 0.25) is 0 Å². The van der Waals surface area contributed by atoms with Gasteiger partial charge >= 0.3 is 0 Å². The third-order valence-corrected chi connectivity index (χ3v) is 6.43. The van der Waals surface area contributed by atoms with Crippen molar-refractivity contribution in [1.82, 2.24) is 15.5 Å². The molecule has 0 bridgehead atoms. The van der Waals surface area contributed by atoms with Crippen LogP contribution in [-0.2, 0) is 4.74 Å². The van der Waals surface area contributed by atoms with Gasteiger partial charge in [-0.25, -0.2) is 4.39 Å². The fourth-order valence-electron chi connectivity index (χ4n) is 4.39. The van der Waals surface area contributed by atoms with E-state index in [0.717, 1.165) is 56.8 Å². The zero-order valence-corrected chi connectivity index (χ0v) is 18.4. The molecule has 0 amide bonds. The maximum atomic E-state index is 13.5. The molecule has 7 heteroatoms. The molecule has 168 valence electrons. The van der Waals surface area contributed by atoms with Crippen LogP contribution in [0, 0.1) is 11.2 Å². The molecule has 3 N–H and O–H groups in total. The first-order valence-corrected chi connectivity index (χ1v) is 11.3. The molecule has 1 saturated heterocycles. The van der Waals surface area contributed by atoms with Gasteiger partial charge in [-0.2, -0.15) is 0 Å². The molecule has 2 aliphatic rings. The molecule has 2 fully saturated rings. The number of morpholine rings is 1. The minimum atomic E-state index is -0.293. The minimum absolute atomic E-state index is 0.106. The van der Waals surface area contributed by atoms with Crippen molar-refractivity contribution >= 4 is 5.96 Å². The maximum absolute atomic E-state index is 13.5. The summed E-state index contributed by atoms with van der Waals surface area (Å²) in [7, 11) is 0. The number of ether oxygens (including phenoxy) is 1. The second kappa shape index (κ2) is 11.1. The van der Waals surface area contributed by atoms with Gasteiger partial charge in [0.05, 0.1) is 31.9 Å². The Balaban J connectivity index is 1.69. The van der Waals surface area contributed by atoms with E-state index in [1.54, 1.807) is 0 Å². The largest absolute Gasteiger partial charge is 0.392 e. The van der Waals surface area contributed by atoms with Gasteiger partial charge in [0.1, 0.15) is 5.82 Å². The lowest BCUT2D eigenvalue weighted by atomic mass is 9.73. The first-order chi connectivity index (χ1) is 14.5. The normalized spacial score (nSPS) is 26.9. The summed E-state index contributed by atoms with van der Waals surface area (Å²) in [5.41, 5.74) is 0.914. The molecular formula is C23H37FN4O2. The molecule has 1 aromatic carbocycles. The summed E-state index contributed by atoms with van der Waals surface area (Å²) < 4.78 is 19.0. The predicted octanol–water partition coefficient (Wildman–Crippen LogP) is 2.70. The highest BCUT2D eigenvalue weighted by Crippen LogP contribution is 2.36. The van der Waals surface area contributed by atoms with Crippen molar-refractivity contribution in [2.75, 3.05) is 45.9 Å². The van der Waals surface area contributed by atoms with E-state index in [4.69, 9.17) is 9.73 Å². The standard InChI is InChI=1S/C23H37FN4O2/c1-3-25-22(27-17-23(2)11-5-4-6-21(23)29)26-16-20(28-12-14-30-15-13-28)18-7-9-19(24)10-8-18/h7-10,20-21,29H,3-6,11-17H2,1-2H3,(H2,25,26,27). The van der Waals surface area contributed by atoms with E-state index < -0.39 is 0 Å². The van der Waals surface area contributed by atoms with Gasteiger partial charge in [0.25, 0.3) is 0 Å². The van der Waals surface area contributed by atoms with Crippen LogP contribution in [0.3, 0.4) is 0 Å². The molecular weight excluding hydrogens is 383 g/mol. The molecule has 1 aromatic rings. The van der Waals surface area contributed by atoms with Crippen LogP contribution in [0.5, 0.6) is 0 Å². The number of nitrogens with one attached hydrogen (secondary N) is 2. The van der Waals surface area contributed by atoms with Crippen LogP contribution in [0.1, 0.15) is 51.1 Å². The molecule has 3 unspecified atom stereocenters. The van der Waals surface area contributed by atoms with Crippen molar-refractivity contribution in [3.63, 3.8) is 0 Å². The van der Waals surface area contributed by atoms with Gasteiger partial charge < -0.3 is 20.5 Å². The highest BCUT2D eigenvalue weighted by Gasteiger charge is 2.35. The lowest BCUT2D eigenvalue weighted by Gasteiger charge is -2.37. The van der Waals surface area contributed by atoms with E-state index >= 15 is 0 Å². The average Bonchev–Trinajstić information content (AvgIpc) is 2.76. The van der Waals surface area contributed by atoms with E-state index in [9.17, 15) is 9.50 Å². The molecule has 1 aliphatic heterocycles. The minimum Gasteiger partial charge on any atom is -0.392 e. The number of aliphatic hydroxyl groups excluding tert-OH is 1. The van der Waals surface area contributed by atoms with Gasteiger partial charge in [-0.05, 0) is 37.5 Å². The topological polar surface area (TPSA) is 69.1 Å². The van der Waals surface area contributed by atoms with Crippen LogP contribution in [0.25, 0.3) is 0 Å². The van der Waals surface area contributed by atoms with Crippen molar-refractivity contribution in [2.45, 2.75) is 51.7 Å². The van der Waals surface area contributed by atoms with Gasteiger partial charge in [0.15, 0.2) is 5.96 Å². The van der Waals surface area contributed by atoms with Gasteiger partial charge in [0, 0.05) is 31.6 Å². The van der Waals surface area contributed by atoms with Crippen molar-refractivity contribution in [1.29, 1.82) is 0 Å². The molecule has 1 heterocycles. The Morgan fingerprint density at radius 3 is 2.67 bits per heavy atom. The van der Waals surface area contributed by atoms with Crippen LogP contribution in [0.15, 0.2) is 29.3 Å². The summed E-state index contributed by atoms with van der Waals surface area (Å²) in [5, 5.41) is 17.3. The van der Waals surface area contributed by atoms with Crippen LogP contribution in [0.4, 0.5) is 4.39 Å². The predicted molar refractivity (Wildman–Crippen MR) is 118 cm³/mol. The molecule has 0 spiro atoms. The van der Waals surface area contributed by atoms with Crippen LogP contribution >= 0.6 is 0 Å². The number of nitrogens with zero attached hydrogens (tertiary/aromatic N) is 2. The van der Waals surface area contributed by atoms with E-state index in [0.29, 0.717) is 26.3 Å². The summed E-state index contributed by atoms with van der Waals surface area (Å²) in [5.74, 6) is 0.540. The number of aliphatic hydroxyl groups is 1. The first kappa shape index (κ1) is 23.0. The number of rotatable bonds is 7. The average molecular weight is 421 g/mol. The van der Waals surface area contributed by atoms with E-state index in [1.165, 1.54) is 12.1 Å². The molecule has 0 radical (unpaired) electrons. The third-order valence-electron chi connectivity index (χ3n) is 6.43. The lowest BCUT2D eigenvalue weighted by molar-refractivity contribution is 0.00711. The Morgan fingerprint density at radius 2 is 2.00 bits per heavy atom. The molecule has 0 aromatic heterocycles. The number of guanidine groups is 1. The second-order valence-electron chi connectivity index (χ2n) is 8.71. The van der Waals surface area contributed by atoms with Crippen molar-refractivity contribution in [2.24, 2.45) is 10.4 Å². The zero-order chi connectivity index (χ0) is 21.4. The van der Waals surface area contributed by atoms with Crippen LogP contribution in [-0.4, -0.2) is 68.0 Å². The zero-order valence-electron chi connectivity index (χ0n) is 18.4. The highest BCUT2D eigenvalue weighted by molar-refractivity contribution is 5.79. The van der Waals surface area contributed by atoms with Crippen LogP contribution < -0.4 is 10.6 Å². The van der Waals surface area contributed by atoms with Crippen molar-refractivity contribution in [3.05, 3.63) is 35.6 Å². The number of benzene rings is 1. The summed E-state index contributed by atoms with van der Waals surface area (Å²) in [4.78, 5) is 7.19. The van der Waals surface area contributed by atoms with Crippen molar-refractivity contribution in [3.8, 4) is 0 Å². The Labute approximate surface area is 179 Å². The van der Waals surface area contributed by atoms with Gasteiger partial charge in [0.2, 0.25) is 0 Å². The van der Waals surface area contributed by atoms with E-state index in [2.05, 4.69) is 22.5 Å². The first-order valence-electron chi connectivity index (χ1n) is 11.3. The molecule has 1 aliphatic carbocycles. The summed E-state index contributed by atoms with van der Waals surface area (Å²) in [6.07, 6.45) is 3.81. The quantitative estimate of drug-likeness (QED) is 0.467. The Morgan fingerprint density at radius 1 is 1.27 bits per heavy atom. The monoisotopic (exact) mass is 420 g/mol. The molecule has 3 rings (SSSR count). The number of hydrogen-bond donors (Lipinski definition) is 3. The maximum Gasteiger partial charge on any atom is 0.191 e. The fraction of sp³-hybridized carbons (Fsp3) is 0.696. The highest BCUT2D eigenvalue weighted by atomic mass is 19.1. The second-order valence-corrected chi connectivity index (χ2v) is 8.71. The van der Waals surface area contributed by atoms with Crippen molar-refractivity contribution < 1.29 is 14.2 Å². The SMILES string of the molecule is CCNC(=NCC1(C)CCCCC1O)NCC(c1ccc(F)cc1)N1CCOCC1. The van der Waals surface area contributed by atoms with E-state index in [-0.39, 0.29) is 23.4 Å². The summed E-state index contributed by atoms with van der Waals surface area (Å²) in [6, 6.07) is 6.87. The molecule has 30 heavy (non-hydrogen) atoms. The van der Waals surface area contributed by atoms with Gasteiger partial charge in [-0.1, -0.05) is 31.9 Å². The summed E-state index contributed by atoms with van der Waals surface area (Å²) >= 11 is 0. The molecule has 6 nitrogen and oxygen atoms in total. The van der Waals surface area contributed by atoms with Gasteiger partial charge in [-0.15, -0.1) is 0 Å². The number of hydrogen-bond acceptors (Lipinski definition) is 4. The third kappa shape index (κ3) is 6.15. The summed E-state index contributed by atoms with van der Waals surface area (Å²) in [6.45, 7) is 9.34. The smallest absolute Gasteiger partial charge is 0.191 e. The number of halogens is 1. The molecule has 3 atom stereocenters. The Bertz CT molecular complexity index is 678. The molecule has 1 saturated carbocycles. The van der Waals surface area contributed by atoms with Gasteiger partial charge in [-0.3, -0.25) is 9.89 Å². The Kier molecular flexibility index (Phi) is 8.48. The van der Waals surface area contributed by atoms with E-state index in [1.807, 2.05) is 19.1 Å². The fourth-order valence-corrected chi connectivity index (χ4v) is 4.39. The Hall–Kier alpha value is -1.70. The lowest BCUT2D eigenvalue weighted by Crippen LogP contribution is -2.47. The number of aliphatic imine (C=N–C) groups is 1.